The van der Waals surface area contributed by atoms with Gasteiger partial charge in [-0.05, 0) is 67.1 Å². The van der Waals surface area contributed by atoms with E-state index < -0.39 is 11.9 Å². The third-order valence-corrected chi connectivity index (χ3v) is 5.97. The van der Waals surface area contributed by atoms with Crippen molar-refractivity contribution >= 4 is 45.6 Å². The molecule has 0 fully saturated rings. The molecule has 0 bridgehead atoms. The molecule has 0 aliphatic carbocycles. The zero-order valence-electron chi connectivity index (χ0n) is 20.5. The van der Waals surface area contributed by atoms with Gasteiger partial charge in [0, 0.05) is 26.9 Å². The molecule has 8 heteroatoms. The predicted molar refractivity (Wildman–Crippen MR) is 151 cm³/mol. The summed E-state index contributed by atoms with van der Waals surface area (Å²) >= 11 is 3.40. The Morgan fingerprint density at radius 3 is 2.21 bits per heavy atom. The van der Waals surface area contributed by atoms with Crippen LogP contribution in [0, 0.1) is 6.92 Å². The van der Waals surface area contributed by atoms with Crippen LogP contribution >= 0.6 is 15.9 Å². The second kappa shape index (κ2) is 12.6. The normalized spacial score (nSPS) is 10.7. The van der Waals surface area contributed by atoms with Gasteiger partial charge >= 0.3 is 5.97 Å². The molecule has 2 amide bonds. The van der Waals surface area contributed by atoms with Crippen LogP contribution in [0.4, 0.5) is 5.69 Å². The molecule has 4 aromatic carbocycles. The molecule has 0 unspecified atom stereocenters. The molecule has 0 saturated heterocycles. The molecule has 0 radical (unpaired) electrons. The molecule has 0 aliphatic heterocycles. The van der Waals surface area contributed by atoms with E-state index >= 15 is 0 Å². The van der Waals surface area contributed by atoms with Gasteiger partial charge in [-0.25, -0.2) is 5.43 Å². The maximum absolute atomic E-state index is 12.5. The maximum atomic E-state index is 12.5. The number of esters is 1. The van der Waals surface area contributed by atoms with E-state index in [1.54, 1.807) is 54.6 Å². The van der Waals surface area contributed by atoms with Crippen LogP contribution in [0.5, 0.6) is 5.75 Å². The molecule has 38 heavy (non-hydrogen) atoms. The number of carbonyl (C=O) groups excluding carboxylic acids is 3. The van der Waals surface area contributed by atoms with Crippen LogP contribution in [0.2, 0.25) is 0 Å². The van der Waals surface area contributed by atoms with Gasteiger partial charge < -0.3 is 10.1 Å². The van der Waals surface area contributed by atoms with Gasteiger partial charge in [0.2, 0.25) is 0 Å². The average Bonchev–Trinajstić information content (AvgIpc) is 2.91. The van der Waals surface area contributed by atoms with Gasteiger partial charge in [-0.15, -0.1) is 0 Å². The van der Waals surface area contributed by atoms with Gasteiger partial charge in [0.25, 0.3) is 11.8 Å². The Labute approximate surface area is 228 Å². The summed E-state index contributed by atoms with van der Waals surface area (Å²) in [6.45, 7) is 1.95. The third kappa shape index (κ3) is 7.47. The van der Waals surface area contributed by atoms with Crippen molar-refractivity contribution in [2.75, 3.05) is 5.32 Å². The molecular weight excluding hydrogens is 546 g/mol. The van der Waals surface area contributed by atoms with Crippen LogP contribution in [-0.2, 0) is 11.2 Å². The zero-order valence-corrected chi connectivity index (χ0v) is 22.1. The summed E-state index contributed by atoms with van der Waals surface area (Å²) in [5, 5.41) is 6.83. The van der Waals surface area contributed by atoms with Crippen molar-refractivity contribution in [3.05, 3.63) is 129 Å². The van der Waals surface area contributed by atoms with E-state index in [1.807, 2.05) is 49.4 Å². The predicted octanol–water partition coefficient (Wildman–Crippen LogP) is 5.92. The molecule has 0 atom stereocenters. The minimum absolute atomic E-state index is 0.131. The lowest BCUT2D eigenvalue weighted by molar-refractivity contribution is -0.133. The number of anilines is 1. The highest BCUT2D eigenvalue weighted by atomic mass is 79.9. The van der Waals surface area contributed by atoms with Crippen LogP contribution in [0.3, 0.4) is 0 Å². The number of nitrogens with zero attached hydrogens (tertiary/aromatic N) is 1. The lowest BCUT2D eigenvalue weighted by Crippen LogP contribution is -2.18. The first-order valence-corrected chi connectivity index (χ1v) is 12.5. The smallest absolute Gasteiger partial charge is 0.315 e. The topological polar surface area (TPSA) is 96.9 Å². The fourth-order valence-electron chi connectivity index (χ4n) is 3.47. The van der Waals surface area contributed by atoms with Crippen LogP contribution in [-0.4, -0.2) is 24.0 Å². The van der Waals surface area contributed by atoms with E-state index in [0.29, 0.717) is 28.1 Å². The largest absolute Gasteiger partial charge is 0.426 e. The Morgan fingerprint density at radius 1 is 0.842 bits per heavy atom. The summed E-state index contributed by atoms with van der Waals surface area (Å²) in [4.78, 5) is 37.3. The van der Waals surface area contributed by atoms with E-state index in [4.69, 9.17) is 4.74 Å². The highest BCUT2D eigenvalue weighted by Crippen LogP contribution is 2.22. The van der Waals surface area contributed by atoms with Crippen molar-refractivity contribution < 1.29 is 19.1 Å². The summed E-state index contributed by atoms with van der Waals surface area (Å²) in [7, 11) is 0. The minimum Gasteiger partial charge on any atom is -0.426 e. The number of halogens is 1. The monoisotopic (exact) mass is 569 g/mol. The maximum Gasteiger partial charge on any atom is 0.315 e. The molecule has 2 N–H and O–H groups in total. The van der Waals surface area contributed by atoms with Crippen molar-refractivity contribution in [3.63, 3.8) is 0 Å². The third-order valence-electron chi connectivity index (χ3n) is 5.48. The van der Waals surface area contributed by atoms with E-state index in [2.05, 4.69) is 31.8 Å². The molecule has 4 rings (SSSR count). The lowest BCUT2D eigenvalue weighted by atomic mass is 10.1. The van der Waals surface area contributed by atoms with Gasteiger partial charge in [0.05, 0.1) is 12.6 Å². The molecule has 7 nitrogen and oxygen atoms in total. The standard InChI is InChI=1S/C30H24BrN3O4/c1-20-7-9-22(10-8-20)29(36)33-26-14-11-23(12-15-26)30(37)34-32-19-24-18-25(31)13-16-27(24)38-28(35)17-21-5-3-2-4-6-21/h2-16,18-19H,17H2,1H3,(H,33,36)(H,34,37)/b32-19-. The number of rotatable bonds is 8. The van der Waals surface area contributed by atoms with Gasteiger partial charge in [0.15, 0.2) is 0 Å². The van der Waals surface area contributed by atoms with Gasteiger partial charge in [-0.3, -0.25) is 14.4 Å². The van der Waals surface area contributed by atoms with E-state index in [1.165, 1.54) is 6.21 Å². The minimum atomic E-state index is -0.435. The van der Waals surface area contributed by atoms with Crippen molar-refractivity contribution in [2.45, 2.75) is 13.3 Å². The first-order chi connectivity index (χ1) is 18.4. The average molecular weight is 570 g/mol. The number of benzene rings is 4. The Morgan fingerprint density at radius 2 is 1.50 bits per heavy atom. The number of nitrogens with one attached hydrogen (secondary N) is 2. The molecular formula is C30H24BrN3O4. The Bertz CT molecular complexity index is 1470. The first kappa shape index (κ1) is 26.5. The highest BCUT2D eigenvalue weighted by Gasteiger charge is 2.11. The fraction of sp³-hybridized carbons (Fsp3) is 0.0667. The second-order valence-corrected chi connectivity index (χ2v) is 9.33. The first-order valence-electron chi connectivity index (χ1n) is 11.7. The van der Waals surface area contributed by atoms with Crippen LogP contribution in [0.15, 0.2) is 107 Å². The Kier molecular flexibility index (Phi) is 8.79. The van der Waals surface area contributed by atoms with E-state index in [0.717, 1.165) is 15.6 Å². The number of hydrazone groups is 1. The lowest BCUT2D eigenvalue weighted by Gasteiger charge is -2.08. The summed E-state index contributed by atoms with van der Waals surface area (Å²) < 4.78 is 6.29. The molecule has 0 aromatic heterocycles. The van der Waals surface area contributed by atoms with Gasteiger partial charge in [-0.1, -0.05) is 64.0 Å². The fourth-order valence-corrected chi connectivity index (χ4v) is 3.85. The van der Waals surface area contributed by atoms with Gasteiger partial charge in [0.1, 0.15) is 5.75 Å². The molecule has 4 aromatic rings. The quantitative estimate of drug-likeness (QED) is 0.119. The zero-order chi connectivity index (χ0) is 26.9. The molecule has 0 aliphatic rings. The van der Waals surface area contributed by atoms with Crippen molar-refractivity contribution in [1.29, 1.82) is 0 Å². The summed E-state index contributed by atoms with van der Waals surface area (Å²) in [6.07, 6.45) is 1.54. The highest BCUT2D eigenvalue weighted by molar-refractivity contribution is 9.10. The molecule has 190 valence electrons. The molecule has 0 saturated carbocycles. The summed E-state index contributed by atoms with van der Waals surface area (Å²) in [5.41, 5.74) is 6.36. The Balaban J connectivity index is 1.35. The number of carbonyl (C=O) groups is 3. The number of aryl methyl sites for hydroxylation is 1. The Hall–Kier alpha value is -4.56. The number of ether oxygens (including phenoxy) is 1. The summed E-state index contributed by atoms with van der Waals surface area (Å²) in [5.74, 6) is -0.760. The van der Waals surface area contributed by atoms with Crippen LogP contribution < -0.4 is 15.5 Å². The number of hydrogen-bond acceptors (Lipinski definition) is 5. The summed E-state index contributed by atoms with van der Waals surface area (Å²) in [6, 6.07) is 28.1. The van der Waals surface area contributed by atoms with E-state index in [-0.39, 0.29) is 12.3 Å². The van der Waals surface area contributed by atoms with Crippen molar-refractivity contribution in [2.24, 2.45) is 5.10 Å². The van der Waals surface area contributed by atoms with E-state index in [9.17, 15) is 14.4 Å². The number of hydrogen-bond donors (Lipinski definition) is 2. The number of amides is 2. The van der Waals surface area contributed by atoms with Crippen molar-refractivity contribution in [3.8, 4) is 5.75 Å². The van der Waals surface area contributed by atoms with Crippen LogP contribution in [0.1, 0.15) is 37.4 Å². The van der Waals surface area contributed by atoms with Gasteiger partial charge in [-0.2, -0.15) is 5.10 Å². The molecule has 0 spiro atoms. The molecule has 0 heterocycles. The second-order valence-electron chi connectivity index (χ2n) is 8.42. The van der Waals surface area contributed by atoms with Crippen LogP contribution in [0.25, 0.3) is 0 Å². The SMILES string of the molecule is Cc1ccc(C(=O)Nc2ccc(C(=O)N/N=C\c3cc(Br)ccc3OC(=O)Cc3ccccc3)cc2)cc1. The van der Waals surface area contributed by atoms with Crippen molar-refractivity contribution in [1.82, 2.24) is 5.43 Å².